The molecule has 136 valence electrons. The molecule has 4 aliphatic rings. The Kier molecular flexibility index (Phi) is 4.08. The SMILES string of the molecule is CCOC(=O)c1cc(C(=O)NCC23CC4CC(CC(C4)C2)C3)nn1C. The third kappa shape index (κ3) is 3.07. The predicted octanol–water partition coefficient (Wildman–Crippen LogP) is 2.54. The molecule has 25 heavy (non-hydrogen) atoms. The molecule has 6 heteroatoms. The highest BCUT2D eigenvalue weighted by Gasteiger charge is 2.50. The lowest BCUT2D eigenvalue weighted by atomic mass is 9.49. The molecule has 6 nitrogen and oxygen atoms in total. The fraction of sp³-hybridized carbons (Fsp3) is 0.737. The minimum absolute atomic E-state index is 0.193. The molecular formula is C19H27N3O3. The van der Waals surface area contributed by atoms with Gasteiger partial charge in [0, 0.05) is 19.7 Å². The maximum atomic E-state index is 12.5. The molecule has 0 unspecified atom stereocenters. The van der Waals surface area contributed by atoms with Crippen LogP contribution in [0.1, 0.15) is 66.4 Å². The van der Waals surface area contributed by atoms with Crippen molar-refractivity contribution in [3.63, 3.8) is 0 Å². The molecule has 0 spiro atoms. The van der Waals surface area contributed by atoms with Crippen LogP contribution in [0.4, 0.5) is 0 Å². The normalized spacial score (nSPS) is 32.6. The average molecular weight is 345 g/mol. The Labute approximate surface area is 148 Å². The van der Waals surface area contributed by atoms with E-state index in [2.05, 4.69) is 10.4 Å². The lowest BCUT2D eigenvalue weighted by Crippen LogP contribution is -2.51. The van der Waals surface area contributed by atoms with Gasteiger partial charge in [-0.25, -0.2) is 4.79 Å². The lowest BCUT2D eigenvalue weighted by Gasteiger charge is -2.56. The van der Waals surface area contributed by atoms with Crippen LogP contribution in [-0.2, 0) is 11.8 Å². The van der Waals surface area contributed by atoms with E-state index in [0.717, 1.165) is 24.3 Å². The number of esters is 1. The Bertz CT molecular complexity index is 659. The number of carbonyl (C=O) groups excluding carboxylic acids is 2. The summed E-state index contributed by atoms with van der Waals surface area (Å²) in [4.78, 5) is 24.4. The molecule has 0 saturated heterocycles. The number of hydrogen-bond donors (Lipinski definition) is 1. The first-order chi connectivity index (χ1) is 12.0. The van der Waals surface area contributed by atoms with Crippen LogP contribution < -0.4 is 5.32 Å². The molecule has 1 aromatic heterocycles. The predicted molar refractivity (Wildman–Crippen MR) is 92.1 cm³/mol. The first kappa shape index (κ1) is 16.6. The van der Waals surface area contributed by atoms with Crippen LogP contribution in [0.5, 0.6) is 0 Å². The highest BCUT2D eigenvalue weighted by molar-refractivity contribution is 5.96. The van der Waals surface area contributed by atoms with Gasteiger partial charge < -0.3 is 10.1 Å². The summed E-state index contributed by atoms with van der Waals surface area (Å²) in [7, 11) is 1.65. The number of nitrogens with zero attached hydrogens (tertiary/aromatic N) is 2. The van der Waals surface area contributed by atoms with E-state index in [4.69, 9.17) is 4.74 Å². The number of nitrogens with one attached hydrogen (secondary N) is 1. The fourth-order valence-corrected chi connectivity index (χ4v) is 5.84. The third-order valence-corrected chi connectivity index (χ3v) is 6.39. The summed E-state index contributed by atoms with van der Waals surface area (Å²) >= 11 is 0. The van der Waals surface area contributed by atoms with Gasteiger partial charge in [0.1, 0.15) is 5.69 Å². The summed E-state index contributed by atoms with van der Waals surface area (Å²) in [5.74, 6) is 1.97. The standard InChI is InChI=1S/C19H27N3O3/c1-3-25-18(24)16-7-15(21-22(16)2)17(23)20-11-19-8-12-4-13(9-19)6-14(5-12)10-19/h7,12-14H,3-6,8-11H2,1-2H3,(H,20,23). The van der Waals surface area contributed by atoms with Crippen LogP contribution in [0.25, 0.3) is 0 Å². The van der Waals surface area contributed by atoms with E-state index >= 15 is 0 Å². The van der Waals surface area contributed by atoms with Crippen molar-refractivity contribution >= 4 is 11.9 Å². The van der Waals surface area contributed by atoms with Gasteiger partial charge in [0.2, 0.25) is 0 Å². The van der Waals surface area contributed by atoms with Crippen LogP contribution in [-0.4, -0.2) is 34.8 Å². The zero-order valence-corrected chi connectivity index (χ0v) is 15.1. The zero-order valence-electron chi connectivity index (χ0n) is 15.1. The Morgan fingerprint density at radius 1 is 1.24 bits per heavy atom. The Hall–Kier alpha value is -1.85. The van der Waals surface area contributed by atoms with Gasteiger partial charge in [-0.15, -0.1) is 0 Å². The Morgan fingerprint density at radius 2 is 1.84 bits per heavy atom. The van der Waals surface area contributed by atoms with E-state index < -0.39 is 5.97 Å². The number of ether oxygens (including phenoxy) is 1. The third-order valence-electron chi connectivity index (χ3n) is 6.39. The van der Waals surface area contributed by atoms with Crippen molar-refractivity contribution in [2.75, 3.05) is 13.2 Å². The molecule has 1 N–H and O–H groups in total. The number of hydrogen-bond acceptors (Lipinski definition) is 4. The Morgan fingerprint density at radius 3 is 2.40 bits per heavy atom. The molecule has 1 aromatic rings. The highest BCUT2D eigenvalue weighted by atomic mass is 16.5. The van der Waals surface area contributed by atoms with Gasteiger partial charge >= 0.3 is 5.97 Å². The largest absolute Gasteiger partial charge is 0.461 e. The fourth-order valence-electron chi connectivity index (χ4n) is 5.84. The maximum absolute atomic E-state index is 12.5. The second-order valence-corrected chi connectivity index (χ2v) is 8.36. The molecule has 4 aliphatic carbocycles. The number of carbonyl (C=O) groups is 2. The molecule has 5 rings (SSSR count). The summed E-state index contributed by atoms with van der Waals surface area (Å²) in [6.07, 6.45) is 7.98. The topological polar surface area (TPSA) is 73.2 Å². The van der Waals surface area contributed by atoms with Crippen molar-refractivity contribution in [2.24, 2.45) is 30.2 Å². The van der Waals surface area contributed by atoms with Gasteiger partial charge in [0.25, 0.3) is 5.91 Å². The summed E-state index contributed by atoms with van der Waals surface area (Å²) < 4.78 is 6.41. The summed E-state index contributed by atoms with van der Waals surface area (Å²) in [5, 5.41) is 7.28. The van der Waals surface area contributed by atoms with Gasteiger partial charge in [-0.1, -0.05) is 0 Å². The molecule has 4 bridgehead atoms. The van der Waals surface area contributed by atoms with Crippen molar-refractivity contribution in [3.8, 4) is 0 Å². The number of rotatable bonds is 5. The second-order valence-electron chi connectivity index (χ2n) is 8.36. The average Bonchev–Trinajstić information content (AvgIpc) is 2.94. The lowest BCUT2D eigenvalue weighted by molar-refractivity contribution is -0.0503. The van der Waals surface area contributed by atoms with Gasteiger partial charge in [-0.05, 0) is 68.6 Å². The van der Waals surface area contributed by atoms with Crippen LogP contribution >= 0.6 is 0 Å². The van der Waals surface area contributed by atoms with Crippen LogP contribution in [0.2, 0.25) is 0 Å². The van der Waals surface area contributed by atoms with Crippen molar-refractivity contribution < 1.29 is 14.3 Å². The molecular weight excluding hydrogens is 318 g/mol. The molecule has 4 saturated carbocycles. The number of amides is 1. The van der Waals surface area contributed by atoms with Gasteiger partial charge in [0.05, 0.1) is 6.61 Å². The molecule has 0 radical (unpaired) electrons. The molecule has 0 aromatic carbocycles. The maximum Gasteiger partial charge on any atom is 0.356 e. The van der Waals surface area contributed by atoms with Crippen molar-refractivity contribution in [1.82, 2.24) is 15.1 Å². The van der Waals surface area contributed by atoms with Crippen molar-refractivity contribution in [2.45, 2.75) is 45.4 Å². The second kappa shape index (κ2) is 6.15. The summed E-state index contributed by atoms with van der Waals surface area (Å²) in [6.45, 7) is 2.80. The van der Waals surface area contributed by atoms with E-state index in [1.54, 1.807) is 14.0 Å². The quantitative estimate of drug-likeness (QED) is 0.833. The molecule has 0 atom stereocenters. The van der Waals surface area contributed by atoms with Gasteiger partial charge in [-0.2, -0.15) is 5.10 Å². The first-order valence-electron chi connectivity index (χ1n) is 9.47. The zero-order chi connectivity index (χ0) is 17.6. The smallest absolute Gasteiger partial charge is 0.356 e. The molecule has 1 amide bonds. The van der Waals surface area contributed by atoms with E-state index in [1.165, 1.54) is 49.3 Å². The van der Waals surface area contributed by atoms with Gasteiger partial charge in [-0.3, -0.25) is 9.48 Å². The van der Waals surface area contributed by atoms with Crippen LogP contribution in [0.3, 0.4) is 0 Å². The van der Waals surface area contributed by atoms with Gasteiger partial charge in [0.15, 0.2) is 5.69 Å². The molecule has 4 fully saturated rings. The van der Waals surface area contributed by atoms with E-state index in [1.807, 2.05) is 0 Å². The Balaban J connectivity index is 1.41. The summed E-state index contributed by atoms with van der Waals surface area (Å²) in [5.41, 5.74) is 0.889. The minimum Gasteiger partial charge on any atom is -0.461 e. The monoisotopic (exact) mass is 345 g/mol. The minimum atomic E-state index is -0.447. The van der Waals surface area contributed by atoms with Crippen LogP contribution in [0.15, 0.2) is 6.07 Å². The van der Waals surface area contributed by atoms with Crippen molar-refractivity contribution in [1.29, 1.82) is 0 Å². The molecule has 0 aliphatic heterocycles. The van der Waals surface area contributed by atoms with E-state index in [0.29, 0.717) is 17.7 Å². The number of aryl methyl sites for hydroxylation is 1. The van der Waals surface area contributed by atoms with E-state index in [-0.39, 0.29) is 11.6 Å². The van der Waals surface area contributed by atoms with Crippen LogP contribution in [0, 0.1) is 23.2 Å². The number of aromatic nitrogens is 2. The summed E-state index contributed by atoms with van der Waals surface area (Å²) in [6, 6.07) is 1.52. The van der Waals surface area contributed by atoms with Crippen molar-refractivity contribution in [3.05, 3.63) is 17.5 Å². The van der Waals surface area contributed by atoms with E-state index in [9.17, 15) is 9.59 Å². The highest BCUT2D eigenvalue weighted by Crippen LogP contribution is 2.59. The first-order valence-corrected chi connectivity index (χ1v) is 9.47. The molecule has 1 heterocycles.